The van der Waals surface area contributed by atoms with Crippen LogP contribution in [0.5, 0.6) is 0 Å². The molecular weight excluding hydrogens is 1160 g/mol. The third-order valence-corrected chi connectivity index (χ3v) is 22.7. The SMILES string of the molecule is CCC(CC)N1C(=O)c2ccc3c4ccc5c6c(ccc(c7ccc(c2c37)C1=O)c64)C(=O)N(CCOC(=O)CCC[C@H]1CC[C@H]2[C@@H]3C(NC(=O)Nc4ccccc4)C[C@@H]4CC(NC(=O)Nc6ccccc6)CC[C@]4(C)[C@H]3CC(NC(=O)Nc3ccccc3)[C@]12C)C5=O. The van der Waals surface area contributed by atoms with E-state index in [9.17, 15) is 38.4 Å². The first-order valence-electron chi connectivity index (χ1n) is 33.0. The third kappa shape index (κ3) is 10.2. The second-order valence-corrected chi connectivity index (χ2v) is 27.1. The molecule has 17 heteroatoms. The number of ether oxygens (including phenoxy) is 1. The number of hydrogen-bond acceptors (Lipinski definition) is 9. The molecular formula is C75H78N8O9. The Kier molecular flexibility index (Phi) is 15.7. The van der Waals surface area contributed by atoms with Crippen LogP contribution < -0.4 is 31.9 Å². The van der Waals surface area contributed by atoms with Crippen LogP contribution in [0.3, 0.4) is 0 Å². The lowest BCUT2D eigenvalue weighted by molar-refractivity contribution is -0.144. The highest BCUT2D eigenvalue weighted by atomic mass is 16.5. The highest BCUT2D eigenvalue weighted by Gasteiger charge is 2.66. The molecule has 17 nitrogen and oxygen atoms in total. The number of imide groups is 2. The van der Waals surface area contributed by atoms with Crippen molar-refractivity contribution in [3.8, 4) is 0 Å². The lowest BCUT2D eigenvalue weighted by Crippen LogP contribution is -2.67. The van der Waals surface area contributed by atoms with E-state index in [1.54, 1.807) is 24.3 Å². The van der Waals surface area contributed by atoms with E-state index in [4.69, 9.17) is 4.74 Å². The predicted molar refractivity (Wildman–Crippen MR) is 356 cm³/mol. The number of esters is 1. The quantitative estimate of drug-likeness (QED) is 0.0234. The van der Waals surface area contributed by atoms with Crippen LogP contribution >= 0.6 is 0 Å². The van der Waals surface area contributed by atoms with Crippen LogP contribution in [0.2, 0.25) is 0 Å². The zero-order valence-corrected chi connectivity index (χ0v) is 52.4. The molecule has 92 heavy (non-hydrogen) atoms. The Bertz CT molecular complexity index is 4150. The van der Waals surface area contributed by atoms with Gasteiger partial charge in [0.2, 0.25) is 0 Å². The van der Waals surface area contributed by atoms with Crippen molar-refractivity contribution in [3.05, 3.63) is 162 Å². The molecule has 4 saturated carbocycles. The van der Waals surface area contributed by atoms with Crippen LogP contribution in [-0.4, -0.2) is 94.8 Å². The monoisotopic (exact) mass is 1230 g/mol. The molecule has 2 heterocycles. The van der Waals surface area contributed by atoms with Gasteiger partial charge in [0.15, 0.2) is 0 Å². The van der Waals surface area contributed by atoms with Gasteiger partial charge in [-0.15, -0.1) is 0 Å². The molecule has 0 radical (unpaired) electrons. The number of rotatable bonds is 16. The van der Waals surface area contributed by atoms with E-state index in [0.717, 1.165) is 75.7 Å². The van der Waals surface area contributed by atoms with E-state index in [-0.39, 0.29) is 109 Å². The number of carbonyl (C=O) groups is 8. The number of amides is 10. The van der Waals surface area contributed by atoms with Gasteiger partial charge in [-0.2, -0.15) is 0 Å². The summed E-state index contributed by atoms with van der Waals surface area (Å²) in [6.45, 7) is 8.36. The van der Waals surface area contributed by atoms with Crippen molar-refractivity contribution in [1.29, 1.82) is 0 Å². The Labute approximate surface area is 534 Å². The Morgan fingerprint density at radius 2 is 1.03 bits per heavy atom. The molecule has 472 valence electrons. The first kappa shape index (κ1) is 60.2. The molecule has 0 saturated heterocycles. The zero-order valence-electron chi connectivity index (χ0n) is 52.4. The fourth-order valence-corrected chi connectivity index (χ4v) is 18.3. The standard InChI is InChI=1S/C75H78N8O9/c1-5-48(6-2)83-69(87)55-32-28-51-49-26-30-53-64-54(31-27-50(62(49)64)52-29-33-56(70(83)88)65(55)63(51)52)68(86)82(67(53)85)37-38-92-61(84)24-16-17-42-25-34-57-66-58(41-60(75(42,57)4)81-73(91)78-46-22-14-9-15-23-46)74(3)36-35-47(79-71(89)76-44-18-10-7-11-19-44)39-43(74)40-59(66)80-72(90)77-45-20-12-8-13-21-45/h7-15,18-23,26-33,42-43,47-48,57-60,66H,5-6,16-17,24-25,34-41H2,1-4H3,(H2,76,79,89)(H2,77,80,90)(H2,78,81,91)/t42-,43-,47?,57-,58-,59?,60?,66-,74-,75+/m0/s1. The number of para-hydroxylation sites is 3. The van der Waals surface area contributed by atoms with Gasteiger partial charge in [-0.3, -0.25) is 33.8 Å². The number of hydrogen-bond donors (Lipinski definition) is 6. The molecule has 4 fully saturated rings. The number of fused-ring (bicyclic) bond motifs is 7. The molecule has 3 unspecified atom stereocenters. The highest BCUT2D eigenvalue weighted by molar-refractivity contribution is 6.41. The van der Waals surface area contributed by atoms with Crippen LogP contribution in [0.4, 0.5) is 31.4 Å². The molecule has 8 aromatic rings. The summed E-state index contributed by atoms with van der Waals surface area (Å²) in [7, 11) is 0. The summed E-state index contributed by atoms with van der Waals surface area (Å²) in [5, 5.41) is 25.5. The Hall–Kier alpha value is -9.38. The Morgan fingerprint density at radius 3 is 1.54 bits per heavy atom. The maximum absolute atomic E-state index is 14.5. The second kappa shape index (κ2) is 24.0. The van der Waals surface area contributed by atoms with E-state index < -0.39 is 23.2 Å². The van der Waals surface area contributed by atoms with E-state index in [1.807, 2.05) is 129 Å². The predicted octanol–water partition coefficient (Wildman–Crippen LogP) is 14.3. The van der Waals surface area contributed by atoms with Crippen LogP contribution in [0.25, 0.3) is 43.1 Å². The molecule has 14 rings (SSSR count). The summed E-state index contributed by atoms with van der Waals surface area (Å²) < 4.78 is 5.85. The van der Waals surface area contributed by atoms with Crippen LogP contribution in [0.15, 0.2) is 140 Å². The molecule has 10 amide bonds. The van der Waals surface area contributed by atoms with E-state index in [1.165, 1.54) is 4.90 Å². The van der Waals surface area contributed by atoms with Gasteiger partial charge in [0, 0.05) is 80.7 Å². The van der Waals surface area contributed by atoms with Crippen molar-refractivity contribution in [2.75, 3.05) is 29.1 Å². The highest BCUT2D eigenvalue weighted by Crippen LogP contribution is 2.68. The molecule has 0 bridgehead atoms. The van der Waals surface area contributed by atoms with Gasteiger partial charge in [0.1, 0.15) is 6.61 Å². The summed E-state index contributed by atoms with van der Waals surface area (Å²) in [5.74, 6) is -1.48. The molecule has 6 aliphatic rings. The topological polar surface area (TPSA) is 224 Å². The summed E-state index contributed by atoms with van der Waals surface area (Å²) in [6, 6.07) is 41.4. The average Bonchev–Trinajstić information content (AvgIpc) is 1.08. The van der Waals surface area contributed by atoms with Gasteiger partial charge in [0.25, 0.3) is 23.6 Å². The van der Waals surface area contributed by atoms with Crippen LogP contribution in [-0.2, 0) is 9.53 Å². The van der Waals surface area contributed by atoms with Crippen molar-refractivity contribution in [2.45, 2.75) is 129 Å². The van der Waals surface area contributed by atoms with Crippen molar-refractivity contribution in [2.24, 2.45) is 40.4 Å². The second-order valence-electron chi connectivity index (χ2n) is 27.1. The molecule has 6 N–H and O–H groups in total. The van der Waals surface area contributed by atoms with Crippen LogP contribution in [0.1, 0.15) is 146 Å². The zero-order chi connectivity index (χ0) is 63.7. The first-order chi connectivity index (χ1) is 44.6. The minimum Gasteiger partial charge on any atom is -0.464 e. The van der Waals surface area contributed by atoms with Gasteiger partial charge in [0.05, 0.1) is 6.54 Å². The summed E-state index contributed by atoms with van der Waals surface area (Å²) in [4.78, 5) is 115. The number of benzene rings is 8. The number of urea groups is 3. The molecule has 4 aliphatic carbocycles. The molecule has 2 aliphatic heterocycles. The Morgan fingerprint density at radius 1 is 0.543 bits per heavy atom. The third-order valence-electron chi connectivity index (χ3n) is 22.7. The molecule has 10 atom stereocenters. The maximum atomic E-state index is 14.5. The largest absolute Gasteiger partial charge is 0.464 e. The molecule has 0 spiro atoms. The van der Waals surface area contributed by atoms with Gasteiger partial charge < -0.3 is 36.6 Å². The van der Waals surface area contributed by atoms with Gasteiger partial charge >= 0.3 is 24.1 Å². The molecule has 8 aromatic carbocycles. The summed E-state index contributed by atoms with van der Waals surface area (Å²) >= 11 is 0. The maximum Gasteiger partial charge on any atom is 0.319 e. The minimum atomic E-state index is -0.486. The van der Waals surface area contributed by atoms with Gasteiger partial charge in [-0.25, -0.2) is 14.4 Å². The molecule has 0 aromatic heterocycles. The summed E-state index contributed by atoms with van der Waals surface area (Å²) in [5.41, 5.74) is 3.17. The van der Waals surface area contributed by atoms with Gasteiger partial charge in [-0.05, 0) is 204 Å². The normalized spacial score (nSPS) is 25.6. The smallest absolute Gasteiger partial charge is 0.319 e. The number of carbonyl (C=O) groups excluding carboxylic acids is 8. The lowest BCUT2D eigenvalue weighted by Gasteiger charge is -2.65. The Balaban J connectivity index is 0.674. The fraction of sp³-hybridized carbons (Fsp3) is 0.387. The lowest BCUT2D eigenvalue weighted by atomic mass is 9.42. The van der Waals surface area contributed by atoms with E-state index >= 15 is 0 Å². The van der Waals surface area contributed by atoms with Crippen molar-refractivity contribution in [3.63, 3.8) is 0 Å². The number of anilines is 3. The summed E-state index contributed by atoms with van der Waals surface area (Å²) in [6.07, 6.45) is 8.17. The first-order valence-corrected chi connectivity index (χ1v) is 33.0. The van der Waals surface area contributed by atoms with Crippen molar-refractivity contribution >= 4 is 108 Å². The van der Waals surface area contributed by atoms with E-state index in [2.05, 4.69) is 45.7 Å². The minimum absolute atomic E-state index is 0.0680. The number of nitrogens with one attached hydrogen (secondary N) is 6. The fourth-order valence-electron chi connectivity index (χ4n) is 18.3. The van der Waals surface area contributed by atoms with E-state index in [0.29, 0.717) is 82.2 Å². The van der Waals surface area contributed by atoms with Gasteiger partial charge in [-0.1, -0.05) is 107 Å². The van der Waals surface area contributed by atoms with Crippen molar-refractivity contribution in [1.82, 2.24) is 25.8 Å². The number of nitrogens with zero attached hydrogens (tertiary/aromatic N) is 2. The van der Waals surface area contributed by atoms with Crippen LogP contribution in [0, 0.1) is 40.4 Å². The van der Waals surface area contributed by atoms with Crippen molar-refractivity contribution < 1.29 is 43.1 Å². The average molecular weight is 1240 g/mol.